The fourth-order valence-corrected chi connectivity index (χ4v) is 3.35. The molecule has 1 fully saturated rings. The van der Waals surface area contributed by atoms with Crippen LogP contribution in [0.15, 0.2) is 18.2 Å². The van der Waals surface area contributed by atoms with Crippen molar-refractivity contribution in [1.29, 1.82) is 0 Å². The zero-order valence-electron chi connectivity index (χ0n) is 12.4. The molecule has 114 valence electrons. The van der Waals surface area contributed by atoms with Crippen LogP contribution in [0.3, 0.4) is 0 Å². The molecule has 1 heterocycles. The lowest BCUT2D eigenvalue weighted by atomic mass is 9.90. The Morgan fingerprint density at radius 2 is 2.00 bits per heavy atom. The van der Waals surface area contributed by atoms with Gasteiger partial charge in [-0.3, -0.25) is 4.79 Å². The maximum atomic E-state index is 12.3. The van der Waals surface area contributed by atoms with Crippen LogP contribution in [0.25, 0.3) is 0 Å². The molecule has 2 aliphatic rings. The Hall–Kier alpha value is -1.39. The number of aryl methyl sites for hydroxylation is 2. The lowest BCUT2D eigenvalue weighted by Crippen LogP contribution is -2.55. The number of aliphatic hydroxyl groups is 1. The van der Waals surface area contributed by atoms with Gasteiger partial charge in [0.1, 0.15) is 0 Å². The van der Waals surface area contributed by atoms with E-state index in [0.717, 1.165) is 18.4 Å². The average Bonchev–Trinajstić information content (AvgIpc) is 2.95. The lowest BCUT2D eigenvalue weighted by molar-refractivity contribution is -0.124. The van der Waals surface area contributed by atoms with E-state index >= 15 is 0 Å². The molecule has 21 heavy (non-hydrogen) atoms. The highest BCUT2D eigenvalue weighted by atomic mass is 16.5. The van der Waals surface area contributed by atoms with Crippen molar-refractivity contribution in [3.63, 3.8) is 0 Å². The fraction of sp³-hybridized carbons (Fsp3) is 0.588. The number of fused-ring (bicyclic) bond motifs is 1. The quantitative estimate of drug-likeness (QED) is 0.880. The number of rotatable bonds is 4. The second-order valence-corrected chi connectivity index (χ2v) is 6.23. The van der Waals surface area contributed by atoms with Gasteiger partial charge in [-0.05, 0) is 48.8 Å². The number of hydrogen-bond donors (Lipinski definition) is 2. The zero-order chi connectivity index (χ0) is 14.7. The zero-order valence-corrected chi connectivity index (χ0v) is 12.4. The molecule has 0 spiro atoms. The molecule has 1 amide bonds. The van der Waals surface area contributed by atoms with Crippen molar-refractivity contribution in [2.75, 3.05) is 19.8 Å². The second kappa shape index (κ2) is 6.16. The van der Waals surface area contributed by atoms with Crippen LogP contribution in [0, 0.1) is 0 Å². The van der Waals surface area contributed by atoms with Crippen LogP contribution < -0.4 is 5.32 Å². The topological polar surface area (TPSA) is 58.6 Å². The summed E-state index contributed by atoms with van der Waals surface area (Å²) in [6.07, 6.45) is 5.26. The van der Waals surface area contributed by atoms with Gasteiger partial charge in [0.05, 0.1) is 18.6 Å². The van der Waals surface area contributed by atoms with E-state index in [1.165, 1.54) is 17.5 Å². The van der Waals surface area contributed by atoms with Crippen LogP contribution in [0.5, 0.6) is 0 Å². The molecule has 0 unspecified atom stereocenters. The minimum Gasteiger partial charge on any atom is -0.394 e. The molecular weight excluding hydrogens is 266 g/mol. The molecule has 4 nitrogen and oxygen atoms in total. The van der Waals surface area contributed by atoms with Crippen molar-refractivity contribution in [3.05, 3.63) is 34.9 Å². The maximum Gasteiger partial charge on any atom is 0.224 e. The second-order valence-electron chi connectivity index (χ2n) is 6.23. The summed E-state index contributed by atoms with van der Waals surface area (Å²) in [5.41, 5.74) is 3.39. The largest absolute Gasteiger partial charge is 0.394 e. The number of nitrogens with one attached hydrogen (secondary N) is 1. The molecular formula is C17H23NO3. The molecule has 0 radical (unpaired) electrons. The number of ether oxygens (including phenoxy) is 1. The van der Waals surface area contributed by atoms with Crippen LogP contribution in [-0.2, 0) is 28.8 Å². The fourth-order valence-electron chi connectivity index (χ4n) is 3.35. The van der Waals surface area contributed by atoms with Gasteiger partial charge in [0.15, 0.2) is 0 Å². The van der Waals surface area contributed by atoms with E-state index in [1.807, 2.05) is 0 Å². The first-order valence-electron chi connectivity index (χ1n) is 7.81. The van der Waals surface area contributed by atoms with Crippen molar-refractivity contribution in [2.45, 2.75) is 44.1 Å². The Morgan fingerprint density at radius 1 is 1.24 bits per heavy atom. The smallest absolute Gasteiger partial charge is 0.224 e. The standard InChI is InChI=1S/C17H23NO3/c19-12-17(6-8-21-9-7-17)18-16(20)11-13-4-5-14-2-1-3-15(14)10-13/h4-5,10,19H,1-3,6-9,11-12H2,(H,18,20). The van der Waals surface area contributed by atoms with Gasteiger partial charge in [0.2, 0.25) is 5.91 Å². The molecule has 1 aliphatic carbocycles. The summed E-state index contributed by atoms with van der Waals surface area (Å²) in [4.78, 5) is 12.3. The first-order valence-corrected chi connectivity index (χ1v) is 7.81. The number of benzene rings is 1. The van der Waals surface area contributed by atoms with Gasteiger partial charge in [0, 0.05) is 13.2 Å². The molecule has 0 bridgehead atoms. The minimum absolute atomic E-state index is 0.0103. The lowest BCUT2D eigenvalue weighted by Gasteiger charge is -2.36. The Morgan fingerprint density at radius 3 is 2.76 bits per heavy atom. The highest BCUT2D eigenvalue weighted by Crippen LogP contribution is 2.24. The Balaban J connectivity index is 1.63. The van der Waals surface area contributed by atoms with Gasteiger partial charge in [0.25, 0.3) is 0 Å². The molecule has 4 heteroatoms. The number of amides is 1. The van der Waals surface area contributed by atoms with Crippen LogP contribution >= 0.6 is 0 Å². The molecule has 1 aromatic carbocycles. The van der Waals surface area contributed by atoms with Crippen molar-refractivity contribution >= 4 is 5.91 Å². The van der Waals surface area contributed by atoms with E-state index in [0.29, 0.717) is 32.5 Å². The predicted molar refractivity (Wildman–Crippen MR) is 80.2 cm³/mol. The van der Waals surface area contributed by atoms with Gasteiger partial charge < -0.3 is 15.2 Å². The SMILES string of the molecule is O=C(Cc1ccc2c(c1)CCC2)NC1(CO)CCOCC1. The molecule has 3 rings (SSSR count). The van der Waals surface area contributed by atoms with Gasteiger partial charge in [-0.25, -0.2) is 0 Å². The van der Waals surface area contributed by atoms with E-state index < -0.39 is 5.54 Å². The highest BCUT2D eigenvalue weighted by molar-refractivity contribution is 5.79. The maximum absolute atomic E-state index is 12.3. The number of carbonyl (C=O) groups is 1. The van der Waals surface area contributed by atoms with Crippen LogP contribution in [0.4, 0.5) is 0 Å². The highest BCUT2D eigenvalue weighted by Gasteiger charge is 2.33. The van der Waals surface area contributed by atoms with Crippen LogP contribution in [0.2, 0.25) is 0 Å². The molecule has 1 aliphatic heterocycles. The molecule has 0 atom stereocenters. The first kappa shape index (κ1) is 14.5. The summed E-state index contributed by atoms with van der Waals surface area (Å²) < 4.78 is 5.31. The summed E-state index contributed by atoms with van der Waals surface area (Å²) in [6, 6.07) is 6.37. The number of carbonyl (C=O) groups excluding carboxylic acids is 1. The average molecular weight is 289 g/mol. The third-order valence-electron chi connectivity index (χ3n) is 4.68. The molecule has 1 aromatic rings. The molecule has 0 aromatic heterocycles. The Bertz CT molecular complexity index is 521. The van der Waals surface area contributed by atoms with Gasteiger partial charge in [-0.2, -0.15) is 0 Å². The molecule has 2 N–H and O–H groups in total. The predicted octanol–water partition coefficient (Wildman–Crippen LogP) is 1.38. The van der Waals surface area contributed by atoms with Crippen LogP contribution in [-0.4, -0.2) is 36.4 Å². The monoisotopic (exact) mass is 289 g/mol. The summed E-state index contributed by atoms with van der Waals surface area (Å²) in [7, 11) is 0. The van der Waals surface area contributed by atoms with E-state index in [4.69, 9.17) is 4.74 Å². The number of hydrogen-bond acceptors (Lipinski definition) is 3. The molecule has 1 saturated heterocycles. The van der Waals surface area contributed by atoms with E-state index in [2.05, 4.69) is 23.5 Å². The summed E-state index contributed by atoms with van der Waals surface area (Å²) in [5, 5.41) is 12.6. The summed E-state index contributed by atoms with van der Waals surface area (Å²) in [6.45, 7) is 1.17. The first-order chi connectivity index (χ1) is 10.2. The van der Waals surface area contributed by atoms with Crippen molar-refractivity contribution < 1.29 is 14.6 Å². The van der Waals surface area contributed by atoms with Gasteiger partial charge in [-0.15, -0.1) is 0 Å². The normalized spacial score (nSPS) is 20.0. The van der Waals surface area contributed by atoms with Gasteiger partial charge >= 0.3 is 0 Å². The third-order valence-corrected chi connectivity index (χ3v) is 4.68. The van der Waals surface area contributed by atoms with Crippen LogP contribution in [0.1, 0.15) is 36.0 Å². The summed E-state index contributed by atoms with van der Waals surface area (Å²) >= 11 is 0. The van der Waals surface area contributed by atoms with Crippen molar-refractivity contribution in [3.8, 4) is 0 Å². The Labute approximate surface area is 125 Å². The van der Waals surface area contributed by atoms with Crippen molar-refractivity contribution in [2.24, 2.45) is 0 Å². The van der Waals surface area contributed by atoms with Gasteiger partial charge in [-0.1, -0.05) is 18.2 Å². The Kier molecular flexibility index (Phi) is 4.27. The van der Waals surface area contributed by atoms with E-state index in [9.17, 15) is 9.90 Å². The van der Waals surface area contributed by atoms with E-state index in [1.54, 1.807) is 0 Å². The number of aliphatic hydroxyl groups excluding tert-OH is 1. The third kappa shape index (κ3) is 3.27. The van der Waals surface area contributed by atoms with Crippen molar-refractivity contribution in [1.82, 2.24) is 5.32 Å². The van der Waals surface area contributed by atoms with E-state index in [-0.39, 0.29) is 12.5 Å². The molecule has 0 saturated carbocycles. The summed E-state index contributed by atoms with van der Waals surface area (Å²) in [5.74, 6) is -0.0103. The minimum atomic E-state index is -0.494.